The van der Waals surface area contributed by atoms with E-state index in [1.165, 1.54) is 7.11 Å². The van der Waals surface area contributed by atoms with E-state index in [0.29, 0.717) is 11.4 Å². The Kier molecular flexibility index (Phi) is 3.19. The number of fused-ring (bicyclic) bond motifs is 1. The average molecular weight is 244 g/mol. The molecule has 0 bridgehead atoms. The molecule has 4 heteroatoms. The third-order valence-corrected chi connectivity index (χ3v) is 2.91. The normalized spacial score (nSPS) is 10.4. The number of rotatable bonds is 2. The number of carbonyl (C=O) groups is 1. The van der Waals surface area contributed by atoms with E-state index in [1.807, 2.05) is 19.9 Å². The topological polar surface area (TPSA) is 51.2 Å². The molecule has 2 aromatic rings. The molecule has 0 radical (unpaired) electrons. The molecule has 1 heterocycles. The minimum atomic E-state index is -0.344. The van der Waals surface area contributed by atoms with Gasteiger partial charge >= 0.3 is 5.97 Å². The van der Waals surface area contributed by atoms with Crippen LogP contribution >= 0.6 is 0 Å². The number of benzene rings is 1. The first-order valence-electron chi connectivity index (χ1n) is 5.75. The molecule has 1 aromatic heterocycles. The van der Waals surface area contributed by atoms with Crippen molar-refractivity contribution in [2.75, 3.05) is 19.5 Å². The zero-order valence-corrected chi connectivity index (χ0v) is 11.0. The quantitative estimate of drug-likeness (QED) is 0.825. The molecule has 18 heavy (non-hydrogen) atoms. The van der Waals surface area contributed by atoms with Gasteiger partial charge in [-0.15, -0.1) is 0 Å². The molecule has 94 valence electrons. The van der Waals surface area contributed by atoms with Crippen molar-refractivity contribution in [3.63, 3.8) is 0 Å². The van der Waals surface area contributed by atoms with Crippen molar-refractivity contribution >= 4 is 22.7 Å². The van der Waals surface area contributed by atoms with E-state index in [0.717, 1.165) is 22.0 Å². The number of methoxy groups -OCH3 is 1. The summed E-state index contributed by atoms with van der Waals surface area (Å²) in [6, 6.07) is 5.73. The Morgan fingerprint density at radius 2 is 2.00 bits per heavy atom. The number of esters is 1. The van der Waals surface area contributed by atoms with Crippen LogP contribution in [0.15, 0.2) is 18.2 Å². The van der Waals surface area contributed by atoms with Crippen LogP contribution in [0.3, 0.4) is 0 Å². The minimum Gasteiger partial charge on any atom is -0.465 e. The van der Waals surface area contributed by atoms with Crippen LogP contribution in [0.25, 0.3) is 10.9 Å². The Balaban J connectivity index is 2.85. The van der Waals surface area contributed by atoms with E-state index < -0.39 is 0 Å². The van der Waals surface area contributed by atoms with Crippen LogP contribution in [0.5, 0.6) is 0 Å². The summed E-state index contributed by atoms with van der Waals surface area (Å²) in [6.45, 7) is 3.99. The molecule has 0 saturated carbocycles. The highest BCUT2D eigenvalue weighted by Crippen LogP contribution is 2.25. The van der Waals surface area contributed by atoms with Crippen molar-refractivity contribution in [2.24, 2.45) is 0 Å². The third kappa shape index (κ3) is 2.01. The summed E-state index contributed by atoms with van der Waals surface area (Å²) in [5.74, 6) is 0.318. The van der Waals surface area contributed by atoms with Crippen molar-refractivity contribution < 1.29 is 9.53 Å². The first kappa shape index (κ1) is 12.4. The van der Waals surface area contributed by atoms with Crippen LogP contribution in [0, 0.1) is 13.8 Å². The number of carbonyl (C=O) groups excluding carboxylic acids is 1. The fourth-order valence-electron chi connectivity index (χ4n) is 2.09. The molecule has 2 rings (SSSR count). The van der Waals surface area contributed by atoms with Gasteiger partial charge in [-0.2, -0.15) is 0 Å². The Bertz CT molecular complexity index is 621. The summed E-state index contributed by atoms with van der Waals surface area (Å²) < 4.78 is 4.83. The number of aryl methyl sites for hydroxylation is 2. The number of ether oxygens (including phenoxy) is 1. The second-order valence-electron chi connectivity index (χ2n) is 4.27. The van der Waals surface area contributed by atoms with Gasteiger partial charge in [-0.1, -0.05) is 11.6 Å². The fourth-order valence-corrected chi connectivity index (χ4v) is 2.09. The lowest BCUT2D eigenvalue weighted by Gasteiger charge is -2.10. The van der Waals surface area contributed by atoms with Gasteiger partial charge in [0.1, 0.15) is 5.82 Å². The molecule has 0 aliphatic carbocycles. The molecule has 0 fully saturated rings. The number of nitrogens with one attached hydrogen (secondary N) is 1. The highest BCUT2D eigenvalue weighted by atomic mass is 16.5. The summed E-state index contributed by atoms with van der Waals surface area (Å²) >= 11 is 0. The minimum absolute atomic E-state index is 0.344. The lowest BCUT2D eigenvalue weighted by Crippen LogP contribution is -2.05. The van der Waals surface area contributed by atoms with Crippen LogP contribution in [0.2, 0.25) is 0 Å². The molecular weight excluding hydrogens is 228 g/mol. The van der Waals surface area contributed by atoms with Gasteiger partial charge < -0.3 is 10.1 Å². The van der Waals surface area contributed by atoms with E-state index in [9.17, 15) is 4.79 Å². The highest BCUT2D eigenvalue weighted by Gasteiger charge is 2.14. The highest BCUT2D eigenvalue weighted by molar-refractivity contribution is 6.05. The molecule has 1 N–H and O–H groups in total. The zero-order chi connectivity index (χ0) is 13.3. The van der Waals surface area contributed by atoms with Crippen molar-refractivity contribution in [1.82, 2.24) is 4.98 Å². The third-order valence-electron chi connectivity index (χ3n) is 2.91. The molecule has 0 spiro atoms. The second kappa shape index (κ2) is 4.64. The summed E-state index contributed by atoms with van der Waals surface area (Å²) in [4.78, 5) is 16.3. The van der Waals surface area contributed by atoms with Crippen LogP contribution < -0.4 is 5.32 Å². The molecule has 4 nitrogen and oxygen atoms in total. The first-order valence-corrected chi connectivity index (χ1v) is 5.75. The van der Waals surface area contributed by atoms with Crippen LogP contribution in [0.4, 0.5) is 5.82 Å². The lowest BCUT2D eigenvalue weighted by atomic mass is 10.0. The zero-order valence-electron chi connectivity index (χ0n) is 11.0. The van der Waals surface area contributed by atoms with E-state index in [1.54, 1.807) is 13.1 Å². The summed E-state index contributed by atoms with van der Waals surface area (Å²) in [5.41, 5.74) is 3.52. The van der Waals surface area contributed by atoms with Gasteiger partial charge in [-0.05, 0) is 31.5 Å². The standard InChI is InChI=1S/C14H16N2O2/c1-8-5-9(2)13-10(6-8)11(14(17)18-4)7-12(15-3)16-13/h5-7H,1-4H3,(H,15,16). The number of pyridine rings is 1. The number of hydrogen-bond acceptors (Lipinski definition) is 4. The second-order valence-corrected chi connectivity index (χ2v) is 4.27. The van der Waals surface area contributed by atoms with E-state index >= 15 is 0 Å². The fraction of sp³-hybridized carbons (Fsp3) is 0.286. The summed E-state index contributed by atoms with van der Waals surface area (Å²) in [7, 11) is 3.16. The lowest BCUT2D eigenvalue weighted by molar-refractivity contribution is 0.0603. The van der Waals surface area contributed by atoms with Gasteiger partial charge in [0, 0.05) is 12.4 Å². The molecule has 1 aromatic carbocycles. The molecule has 0 amide bonds. The monoisotopic (exact) mass is 244 g/mol. The molecule has 0 aliphatic heterocycles. The maximum atomic E-state index is 11.8. The maximum absolute atomic E-state index is 11.8. The smallest absolute Gasteiger partial charge is 0.338 e. The van der Waals surface area contributed by atoms with Crippen molar-refractivity contribution in [3.8, 4) is 0 Å². The number of aromatic nitrogens is 1. The molecule has 0 saturated heterocycles. The Morgan fingerprint density at radius 1 is 1.28 bits per heavy atom. The van der Waals surface area contributed by atoms with Gasteiger partial charge in [0.15, 0.2) is 0 Å². The van der Waals surface area contributed by atoms with Gasteiger partial charge in [-0.25, -0.2) is 9.78 Å². The van der Waals surface area contributed by atoms with Crippen molar-refractivity contribution in [1.29, 1.82) is 0 Å². The predicted molar refractivity (Wildman–Crippen MR) is 72.1 cm³/mol. The van der Waals surface area contributed by atoms with E-state index in [4.69, 9.17) is 4.74 Å². The average Bonchev–Trinajstić information content (AvgIpc) is 2.36. The Labute approximate surface area is 106 Å². The van der Waals surface area contributed by atoms with Gasteiger partial charge in [-0.3, -0.25) is 0 Å². The molecule has 0 aliphatic rings. The SMILES string of the molecule is CNc1cc(C(=O)OC)c2cc(C)cc(C)c2n1. The number of nitrogens with zero attached hydrogens (tertiary/aromatic N) is 1. The first-order chi connectivity index (χ1) is 8.56. The van der Waals surface area contributed by atoms with Crippen LogP contribution in [-0.4, -0.2) is 25.1 Å². The largest absolute Gasteiger partial charge is 0.465 e. The van der Waals surface area contributed by atoms with Crippen LogP contribution in [-0.2, 0) is 4.74 Å². The van der Waals surface area contributed by atoms with Crippen molar-refractivity contribution in [2.45, 2.75) is 13.8 Å². The van der Waals surface area contributed by atoms with Crippen molar-refractivity contribution in [3.05, 3.63) is 34.9 Å². The van der Waals surface area contributed by atoms with Gasteiger partial charge in [0.25, 0.3) is 0 Å². The molecule has 0 atom stereocenters. The Hall–Kier alpha value is -2.10. The number of hydrogen-bond donors (Lipinski definition) is 1. The molecular formula is C14H16N2O2. The predicted octanol–water partition coefficient (Wildman–Crippen LogP) is 2.68. The van der Waals surface area contributed by atoms with E-state index in [-0.39, 0.29) is 5.97 Å². The number of anilines is 1. The van der Waals surface area contributed by atoms with Gasteiger partial charge in [0.2, 0.25) is 0 Å². The van der Waals surface area contributed by atoms with E-state index in [2.05, 4.69) is 16.4 Å². The van der Waals surface area contributed by atoms with Crippen LogP contribution in [0.1, 0.15) is 21.5 Å². The Morgan fingerprint density at radius 3 is 2.61 bits per heavy atom. The summed E-state index contributed by atoms with van der Waals surface area (Å²) in [6.07, 6.45) is 0. The maximum Gasteiger partial charge on any atom is 0.338 e. The van der Waals surface area contributed by atoms with Gasteiger partial charge in [0.05, 0.1) is 18.2 Å². The molecule has 0 unspecified atom stereocenters. The summed E-state index contributed by atoms with van der Waals surface area (Å²) in [5, 5.41) is 3.79.